The van der Waals surface area contributed by atoms with Gasteiger partial charge in [-0.1, -0.05) is 206 Å². The predicted molar refractivity (Wildman–Crippen MR) is 244 cm³/mol. The Morgan fingerprint density at radius 2 is 1.00 bits per heavy atom. The fourth-order valence-electron chi connectivity index (χ4n) is 9.94. The molecule has 1 aliphatic heterocycles. The SMILES string of the molecule is O=C(CCc1ccc(Cl)cc1)NCC1CCC2=C(C1)N(C(c1ccccc1)(c1ccccc1)c1ccccc1)C(C(c1ccccc1)(c1ccccc1)c1ccccc1)N2. The molecule has 2 N–H and O–H groups in total. The van der Waals surface area contributed by atoms with Crippen LogP contribution in [-0.4, -0.2) is 23.5 Å². The van der Waals surface area contributed by atoms with Gasteiger partial charge in [0.25, 0.3) is 0 Å². The summed E-state index contributed by atoms with van der Waals surface area (Å²) in [4.78, 5) is 16.2. The molecule has 0 bridgehead atoms. The smallest absolute Gasteiger partial charge is 0.220 e. The molecule has 0 spiro atoms. The molecule has 5 heteroatoms. The highest BCUT2D eigenvalue weighted by Crippen LogP contribution is 2.56. The van der Waals surface area contributed by atoms with Gasteiger partial charge in [0.05, 0.1) is 5.41 Å². The Kier molecular flexibility index (Phi) is 11.4. The van der Waals surface area contributed by atoms with Crippen LogP contribution in [0.25, 0.3) is 0 Å². The zero-order valence-corrected chi connectivity index (χ0v) is 34.5. The summed E-state index contributed by atoms with van der Waals surface area (Å²) in [6.07, 6.45) is 3.47. The maximum Gasteiger partial charge on any atom is 0.220 e. The summed E-state index contributed by atoms with van der Waals surface area (Å²) in [7, 11) is 0. The van der Waals surface area contributed by atoms with Crippen molar-refractivity contribution in [3.8, 4) is 0 Å². The molecule has 7 aromatic rings. The molecule has 1 amide bonds. The zero-order valence-electron chi connectivity index (χ0n) is 33.8. The van der Waals surface area contributed by atoms with Gasteiger partial charge in [0, 0.05) is 29.4 Å². The van der Waals surface area contributed by atoms with Gasteiger partial charge in [0.15, 0.2) is 0 Å². The molecule has 2 aliphatic rings. The van der Waals surface area contributed by atoms with Crippen LogP contribution in [0.4, 0.5) is 0 Å². The molecular weight excluding hydrogens is 754 g/mol. The highest BCUT2D eigenvalue weighted by atomic mass is 35.5. The second-order valence-corrected chi connectivity index (χ2v) is 16.5. The fourth-order valence-corrected chi connectivity index (χ4v) is 10.1. The van der Waals surface area contributed by atoms with Crippen molar-refractivity contribution in [3.05, 3.63) is 262 Å². The molecule has 0 radical (unpaired) electrons. The van der Waals surface area contributed by atoms with Crippen molar-refractivity contribution in [3.63, 3.8) is 0 Å². The van der Waals surface area contributed by atoms with E-state index in [0.29, 0.717) is 24.4 Å². The Morgan fingerprint density at radius 1 is 0.583 bits per heavy atom. The van der Waals surface area contributed by atoms with Crippen molar-refractivity contribution in [2.45, 2.75) is 49.2 Å². The van der Waals surface area contributed by atoms with Crippen LogP contribution in [0.1, 0.15) is 64.6 Å². The number of carbonyl (C=O) groups excluding carboxylic acids is 1. The predicted octanol–water partition coefficient (Wildman–Crippen LogP) is 11.7. The third-order valence-corrected chi connectivity index (χ3v) is 12.9. The Balaban J connectivity index is 1.24. The molecule has 60 heavy (non-hydrogen) atoms. The van der Waals surface area contributed by atoms with Crippen LogP contribution in [0.2, 0.25) is 5.02 Å². The molecule has 1 heterocycles. The summed E-state index contributed by atoms with van der Waals surface area (Å²) < 4.78 is 0. The molecule has 4 nitrogen and oxygen atoms in total. The number of carbonyl (C=O) groups is 1. The Bertz CT molecular complexity index is 2320. The molecule has 298 valence electrons. The number of nitrogens with zero attached hydrogens (tertiary/aromatic N) is 1. The first kappa shape index (κ1) is 39.1. The van der Waals surface area contributed by atoms with E-state index in [2.05, 4.69) is 198 Å². The Hall–Kier alpha value is -6.36. The average Bonchev–Trinajstić information content (AvgIpc) is 3.70. The highest BCUT2D eigenvalue weighted by molar-refractivity contribution is 6.30. The second-order valence-electron chi connectivity index (χ2n) is 16.1. The molecule has 9 rings (SSSR count). The van der Waals surface area contributed by atoms with E-state index in [1.54, 1.807) is 0 Å². The summed E-state index contributed by atoms with van der Waals surface area (Å²) in [6.45, 7) is 0.616. The second kappa shape index (κ2) is 17.5. The molecule has 0 fully saturated rings. The number of nitrogens with one attached hydrogen (secondary N) is 2. The van der Waals surface area contributed by atoms with Gasteiger partial charge in [-0.25, -0.2) is 0 Å². The molecule has 7 aromatic carbocycles. The van der Waals surface area contributed by atoms with Crippen molar-refractivity contribution in [1.82, 2.24) is 15.5 Å². The van der Waals surface area contributed by atoms with Crippen LogP contribution >= 0.6 is 11.6 Å². The van der Waals surface area contributed by atoms with Crippen molar-refractivity contribution >= 4 is 17.5 Å². The third kappa shape index (κ3) is 7.31. The minimum absolute atomic E-state index is 0.0764. The summed E-state index contributed by atoms with van der Waals surface area (Å²) >= 11 is 6.13. The van der Waals surface area contributed by atoms with Gasteiger partial charge in [-0.05, 0) is 82.7 Å². The lowest BCUT2D eigenvalue weighted by Gasteiger charge is -2.54. The van der Waals surface area contributed by atoms with Crippen LogP contribution in [0.5, 0.6) is 0 Å². The number of hydrogen-bond donors (Lipinski definition) is 2. The van der Waals surface area contributed by atoms with Crippen LogP contribution in [0.3, 0.4) is 0 Å². The monoisotopic (exact) mass is 803 g/mol. The minimum Gasteiger partial charge on any atom is -0.366 e. The average molecular weight is 804 g/mol. The number of rotatable bonds is 13. The van der Waals surface area contributed by atoms with E-state index >= 15 is 0 Å². The van der Waals surface area contributed by atoms with Crippen LogP contribution in [-0.2, 0) is 22.2 Å². The third-order valence-electron chi connectivity index (χ3n) is 12.7. The van der Waals surface area contributed by atoms with E-state index in [1.165, 1.54) is 44.8 Å². The largest absolute Gasteiger partial charge is 0.366 e. The number of halogens is 1. The number of amides is 1. The van der Waals surface area contributed by atoms with Gasteiger partial charge < -0.3 is 15.5 Å². The maximum absolute atomic E-state index is 13.4. The zero-order chi connectivity index (χ0) is 40.8. The van der Waals surface area contributed by atoms with E-state index in [-0.39, 0.29) is 18.0 Å². The summed E-state index contributed by atoms with van der Waals surface area (Å²) in [5.74, 6) is 0.318. The van der Waals surface area contributed by atoms with Crippen molar-refractivity contribution in [1.29, 1.82) is 0 Å². The van der Waals surface area contributed by atoms with Crippen molar-refractivity contribution < 1.29 is 4.79 Å². The highest BCUT2D eigenvalue weighted by Gasteiger charge is 2.58. The van der Waals surface area contributed by atoms with Gasteiger partial charge in [0.1, 0.15) is 11.7 Å². The lowest BCUT2D eigenvalue weighted by Crippen LogP contribution is -2.61. The van der Waals surface area contributed by atoms with E-state index in [9.17, 15) is 4.79 Å². The van der Waals surface area contributed by atoms with E-state index < -0.39 is 11.0 Å². The van der Waals surface area contributed by atoms with Crippen molar-refractivity contribution in [2.75, 3.05) is 6.54 Å². The molecular formula is C55H50ClN3O. The summed E-state index contributed by atoms with van der Waals surface area (Å²) in [5, 5.41) is 8.39. The minimum atomic E-state index is -0.772. The fraction of sp³-hybridized carbons (Fsp3) is 0.182. The normalized spacial score (nSPS) is 16.5. The standard InChI is InChI=1S/C55H50ClN3O/c56-49-35-31-41(32-36-49)34-38-52(60)57-40-42-33-37-50-51(39-42)59(55(46-25-13-4-14-26-46,47-27-15-5-16-28-47)48-29-17-6-18-30-48)53(58-50)54(43-19-7-1-8-20-43,44-21-9-2-10-22-44)45-23-11-3-12-24-45/h1-32,35-36,42,53,58H,33-34,37-40H2,(H,57,60). The first-order valence-corrected chi connectivity index (χ1v) is 21.6. The lowest BCUT2D eigenvalue weighted by atomic mass is 9.65. The molecule has 0 saturated heterocycles. The van der Waals surface area contributed by atoms with Crippen LogP contribution in [0, 0.1) is 5.92 Å². The Labute approximate surface area is 359 Å². The van der Waals surface area contributed by atoms with E-state index in [0.717, 1.165) is 24.8 Å². The van der Waals surface area contributed by atoms with E-state index in [4.69, 9.17) is 11.6 Å². The van der Waals surface area contributed by atoms with Crippen LogP contribution < -0.4 is 10.6 Å². The Morgan fingerprint density at radius 3 is 1.43 bits per heavy atom. The first-order chi connectivity index (χ1) is 29.6. The first-order valence-electron chi connectivity index (χ1n) is 21.2. The van der Waals surface area contributed by atoms with Gasteiger partial charge in [0.2, 0.25) is 5.91 Å². The van der Waals surface area contributed by atoms with Gasteiger partial charge in [-0.15, -0.1) is 0 Å². The van der Waals surface area contributed by atoms with Crippen LogP contribution in [0.15, 0.2) is 218 Å². The topological polar surface area (TPSA) is 44.4 Å². The quantitative estimate of drug-likeness (QED) is 0.114. The number of benzene rings is 7. The molecule has 0 aromatic heterocycles. The van der Waals surface area contributed by atoms with Gasteiger partial charge in [-0.2, -0.15) is 0 Å². The molecule has 2 atom stereocenters. The van der Waals surface area contributed by atoms with E-state index in [1.807, 2.05) is 24.3 Å². The number of hydrogen-bond acceptors (Lipinski definition) is 3. The lowest BCUT2D eigenvalue weighted by molar-refractivity contribution is -0.121. The van der Waals surface area contributed by atoms with Gasteiger partial charge >= 0.3 is 0 Å². The molecule has 0 saturated carbocycles. The maximum atomic E-state index is 13.4. The number of allylic oxidation sites excluding steroid dienone is 2. The number of aryl methyl sites for hydroxylation is 1. The molecule has 2 unspecified atom stereocenters. The molecule has 1 aliphatic carbocycles. The summed E-state index contributed by atoms with van der Waals surface area (Å²) in [5.41, 5.74) is 9.38. The van der Waals surface area contributed by atoms with Crippen molar-refractivity contribution in [2.24, 2.45) is 5.92 Å². The summed E-state index contributed by atoms with van der Waals surface area (Å²) in [6, 6.07) is 74.1. The van der Waals surface area contributed by atoms with Gasteiger partial charge in [-0.3, -0.25) is 4.79 Å².